The molecule has 3 aromatic rings. The number of carbonyl (C=O) groups excluding carboxylic acids is 1. The Morgan fingerprint density at radius 2 is 1.56 bits per heavy atom. The van der Waals surface area contributed by atoms with E-state index in [0.717, 1.165) is 30.2 Å². The van der Waals surface area contributed by atoms with Crippen LogP contribution >= 0.6 is 23.2 Å². The number of hydrogen-bond acceptors (Lipinski definition) is 5. The van der Waals surface area contributed by atoms with Gasteiger partial charge < -0.3 is 15.1 Å². The molecule has 2 amide bonds. The first-order valence-corrected chi connectivity index (χ1v) is 11.6. The zero-order valence-electron chi connectivity index (χ0n) is 18.9. The number of benzene rings is 2. The second-order valence-corrected chi connectivity index (χ2v) is 8.80. The van der Waals surface area contributed by atoms with Crippen molar-refractivity contribution in [2.24, 2.45) is 4.99 Å². The van der Waals surface area contributed by atoms with Gasteiger partial charge in [0.2, 0.25) is 5.96 Å². The molecule has 8 nitrogen and oxygen atoms in total. The van der Waals surface area contributed by atoms with Crippen LogP contribution in [-0.2, 0) is 0 Å². The van der Waals surface area contributed by atoms with E-state index in [1.807, 2.05) is 49.1 Å². The van der Waals surface area contributed by atoms with E-state index < -0.39 is 6.03 Å². The van der Waals surface area contributed by atoms with Crippen LogP contribution in [0, 0.1) is 13.8 Å². The molecule has 1 saturated heterocycles. The molecule has 176 valence electrons. The maximum Gasteiger partial charge on any atom is 0.326 e. The average Bonchev–Trinajstić information content (AvgIpc) is 2.78. The number of carbonyl (C=O) groups is 1. The van der Waals surface area contributed by atoms with Crippen molar-refractivity contribution in [2.75, 3.05) is 36.4 Å². The Hall–Kier alpha value is -3.36. The fourth-order valence-electron chi connectivity index (χ4n) is 3.71. The van der Waals surface area contributed by atoms with Crippen LogP contribution in [0.4, 0.5) is 22.1 Å². The summed E-state index contributed by atoms with van der Waals surface area (Å²) in [6.45, 7) is 6.54. The van der Waals surface area contributed by atoms with E-state index in [-0.39, 0.29) is 0 Å². The SMILES string of the molecule is Cc1cc(C)nc(/N=C(/NC(=O)Nc2cccc(Cl)c2)N2CCN(c3cccc(Cl)c3)CC2)n1. The van der Waals surface area contributed by atoms with Crippen molar-refractivity contribution in [3.8, 4) is 0 Å². The number of aryl methyl sites for hydroxylation is 2. The van der Waals surface area contributed by atoms with Crippen LogP contribution in [0.1, 0.15) is 11.4 Å². The number of aliphatic imine (C=N–C) groups is 1. The second-order valence-electron chi connectivity index (χ2n) is 7.93. The summed E-state index contributed by atoms with van der Waals surface area (Å²) >= 11 is 12.2. The van der Waals surface area contributed by atoms with Gasteiger partial charge in [0, 0.05) is 59.0 Å². The molecule has 1 fully saturated rings. The quantitative estimate of drug-likeness (QED) is 0.391. The highest BCUT2D eigenvalue weighted by Crippen LogP contribution is 2.21. The summed E-state index contributed by atoms with van der Waals surface area (Å²) in [5, 5.41) is 6.90. The third-order valence-electron chi connectivity index (χ3n) is 5.24. The van der Waals surface area contributed by atoms with Crippen LogP contribution in [0.2, 0.25) is 10.0 Å². The highest BCUT2D eigenvalue weighted by Gasteiger charge is 2.22. The Kier molecular flexibility index (Phi) is 7.49. The minimum absolute atomic E-state index is 0.299. The van der Waals surface area contributed by atoms with Crippen molar-refractivity contribution in [2.45, 2.75) is 13.8 Å². The molecule has 0 radical (unpaired) electrons. The molecule has 2 N–H and O–H groups in total. The third-order valence-corrected chi connectivity index (χ3v) is 5.71. The van der Waals surface area contributed by atoms with Gasteiger partial charge in [0.1, 0.15) is 0 Å². The maximum atomic E-state index is 12.8. The lowest BCUT2D eigenvalue weighted by atomic mass is 10.2. The number of amides is 2. The van der Waals surface area contributed by atoms with E-state index in [4.69, 9.17) is 23.2 Å². The molecule has 0 atom stereocenters. The average molecular weight is 498 g/mol. The number of anilines is 2. The zero-order chi connectivity index (χ0) is 24.1. The van der Waals surface area contributed by atoms with Crippen molar-refractivity contribution in [1.82, 2.24) is 20.2 Å². The first-order valence-electron chi connectivity index (χ1n) is 10.9. The summed E-state index contributed by atoms with van der Waals surface area (Å²) in [4.78, 5) is 30.5. The number of aromatic nitrogens is 2. The van der Waals surface area contributed by atoms with E-state index in [1.54, 1.807) is 24.3 Å². The van der Waals surface area contributed by atoms with Crippen LogP contribution in [0.15, 0.2) is 59.6 Å². The molecule has 1 aliphatic heterocycles. The summed E-state index contributed by atoms with van der Waals surface area (Å²) in [7, 11) is 0. The van der Waals surface area contributed by atoms with Crippen LogP contribution in [0.5, 0.6) is 0 Å². The summed E-state index contributed by atoms with van der Waals surface area (Å²) in [6.07, 6.45) is 0. The molecule has 2 aromatic carbocycles. The largest absolute Gasteiger partial charge is 0.368 e. The molecule has 34 heavy (non-hydrogen) atoms. The highest BCUT2D eigenvalue weighted by molar-refractivity contribution is 6.31. The Labute approximate surface area is 208 Å². The predicted molar refractivity (Wildman–Crippen MR) is 137 cm³/mol. The van der Waals surface area contributed by atoms with E-state index in [9.17, 15) is 4.79 Å². The van der Waals surface area contributed by atoms with Gasteiger partial charge >= 0.3 is 6.03 Å². The van der Waals surface area contributed by atoms with Crippen molar-refractivity contribution in [1.29, 1.82) is 0 Å². The first-order chi connectivity index (χ1) is 16.4. The molecule has 0 spiro atoms. The van der Waals surface area contributed by atoms with Gasteiger partial charge in [-0.25, -0.2) is 14.8 Å². The number of piperazine rings is 1. The summed E-state index contributed by atoms with van der Waals surface area (Å²) < 4.78 is 0. The molecule has 1 aliphatic rings. The fourth-order valence-corrected chi connectivity index (χ4v) is 4.08. The molecule has 0 saturated carbocycles. The highest BCUT2D eigenvalue weighted by atomic mass is 35.5. The maximum absolute atomic E-state index is 12.8. The van der Waals surface area contributed by atoms with Crippen LogP contribution in [-0.4, -0.2) is 53.0 Å². The molecule has 0 aliphatic carbocycles. The predicted octanol–water partition coefficient (Wildman–Crippen LogP) is 5.03. The molecular weight excluding hydrogens is 473 g/mol. The number of nitrogens with zero attached hydrogens (tertiary/aromatic N) is 5. The Morgan fingerprint density at radius 3 is 2.21 bits per heavy atom. The lowest BCUT2D eigenvalue weighted by molar-refractivity contribution is 0.254. The van der Waals surface area contributed by atoms with Crippen molar-refractivity contribution >= 4 is 52.5 Å². The van der Waals surface area contributed by atoms with E-state index in [2.05, 4.69) is 30.5 Å². The van der Waals surface area contributed by atoms with E-state index in [1.165, 1.54) is 0 Å². The zero-order valence-corrected chi connectivity index (χ0v) is 20.4. The monoisotopic (exact) mass is 497 g/mol. The molecule has 4 rings (SSSR count). The van der Waals surface area contributed by atoms with Crippen molar-refractivity contribution in [3.05, 3.63) is 76.0 Å². The lowest BCUT2D eigenvalue weighted by Gasteiger charge is -2.37. The van der Waals surface area contributed by atoms with Gasteiger partial charge in [-0.1, -0.05) is 35.3 Å². The molecule has 1 aromatic heterocycles. The standard InChI is InChI=1S/C24H25Cl2N7O/c1-16-13-17(2)28-22(27-16)30-23(31-24(34)29-20-7-3-5-18(25)14-20)33-11-9-32(10-12-33)21-8-4-6-19(26)15-21/h3-8,13-15H,9-12H2,1-2H3,(H2,27,28,29,30,31,34). The van der Waals surface area contributed by atoms with Gasteiger partial charge in [0.15, 0.2) is 0 Å². The number of guanidine groups is 1. The molecule has 10 heteroatoms. The second kappa shape index (κ2) is 10.7. The van der Waals surface area contributed by atoms with Crippen LogP contribution in [0.25, 0.3) is 0 Å². The van der Waals surface area contributed by atoms with Gasteiger partial charge in [-0.2, -0.15) is 4.99 Å². The van der Waals surface area contributed by atoms with Crippen LogP contribution in [0.3, 0.4) is 0 Å². The minimum atomic E-state index is -0.428. The normalized spacial score (nSPS) is 14.2. The summed E-state index contributed by atoms with van der Waals surface area (Å²) in [6, 6.07) is 16.2. The van der Waals surface area contributed by atoms with E-state index >= 15 is 0 Å². The molecular formula is C24H25Cl2N7O. The minimum Gasteiger partial charge on any atom is -0.368 e. The van der Waals surface area contributed by atoms with Crippen molar-refractivity contribution < 1.29 is 4.79 Å². The lowest BCUT2D eigenvalue weighted by Crippen LogP contribution is -2.54. The number of hydrogen-bond donors (Lipinski definition) is 2. The number of halogens is 2. The third kappa shape index (κ3) is 6.36. The van der Waals surface area contributed by atoms with Gasteiger partial charge in [-0.15, -0.1) is 0 Å². The fraction of sp³-hybridized carbons (Fsp3) is 0.250. The topological polar surface area (TPSA) is 85.7 Å². The first kappa shape index (κ1) is 23.8. The molecule has 2 heterocycles. The number of urea groups is 1. The number of nitrogens with one attached hydrogen (secondary N) is 2. The van der Waals surface area contributed by atoms with Crippen LogP contribution < -0.4 is 15.5 Å². The summed E-state index contributed by atoms with van der Waals surface area (Å²) in [5.74, 6) is 0.683. The van der Waals surface area contributed by atoms with Gasteiger partial charge in [0.05, 0.1) is 0 Å². The Morgan fingerprint density at radius 1 is 0.912 bits per heavy atom. The van der Waals surface area contributed by atoms with E-state index in [0.29, 0.717) is 40.7 Å². The Bertz CT molecular complexity index is 1190. The smallest absolute Gasteiger partial charge is 0.326 e. The van der Waals surface area contributed by atoms with Crippen molar-refractivity contribution in [3.63, 3.8) is 0 Å². The van der Waals surface area contributed by atoms with Gasteiger partial charge in [-0.3, -0.25) is 5.32 Å². The molecule has 0 bridgehead atoms. The van der Waals surface area contributed by atoms with Gasteiger partial charge in [-0.05, 0) is 56.3 Å². The molecule has 0 unspecified atom stereocenters. The summed E-state index contributed by atoms with van der Waals surface area (Å²) in [5.41, 5.74) is 3.26. The van der Waals surface area contributed by atoms with Gasteiger partial charge in [0.25, 0.3) is 5.95 Å². The Balaban J connectivity index is 1.52. The number of rotatable bonds is 3.